The van der Waals surface area contributed by atoms with E-state index in [1.54, 1.807) is 17.5 Å². The molecule has 1 fully saturated rings. The number of pyridine rings is 1. The molecule has 1 atom stereocenters. The molecule has 6 nitrogen and oxygen atoms in total. The molecule has 0 aromatic carbocycles. The third kappa shape index (κ3) is 2.59. The molecule has 0 bridgehead atoms. The van der Waals surface area contributed by atoms with Crippen LogP contribution in [0.15, 0.2) is 36.7 Å². The van der Waals surface area contributed by atoms with E-state index in [-0.39, 0.29) is 0 Å². The van der Waals surface area contributed by atoms with E-state index >= 15 is 0 Å². The van der Waals surface area contributed by atoms with Gasteiger partial charge in [-0.2, -0.15) is 5.10 Å². The molecule has 0 saturated carbocycles. The minimum atomic E-state index is 0.485. The van der Waals surface area contributed by atoms with Gasteiger partial charge in [-0.15, -0.1) is 10.2 Å². The van der Waals surface area contributed by atoms with Gasteiger partial charge in [0.05, 0.1) is 0 Å². The molecule has 0 spiro atoms. The normalized spacial score (nSPS) is 18.5. The van der Waals surface area contributed by atoms with Gasteiger partial charge in [0.1, 0.15) is 5.69 Å². The number of nitrogens with zero attached hydrogens (tertiary/aromatic N) is 5. The van der Waals surface area contributed by atoms with Crippen LogP contribution in [-0.2, 0) is 0 Å². The maximum absolute atomic E-state index is 4.36. The summed E-state index contributed by atoms with van der Waals surface area (Å²) in [5.74, 6) is 0.485. The Bertz CT molecular complexity index is 724. The Labute approximate surface area is 132 Å². The van der Waals surface area contributed by atoms with Crippen LogP contribution in [0.4, 0.5) is 5.13 Å². The van der Waals surface area contributed by atoms with Crippen molar-refractivity contribution in [1.29, 1.82) is 0 Å². The Kier molecular flexibility index (Phi) is 3.56. The molecule has 1 saturated heterocycles. The zero-order valence-electron chi connectivity index (χ0n) is 12.0. The van der Waals surface area contributed by atoms with E-state index in [0.717, 1.165) is 35.3 Å². The molecule has 112 valence electrons. The first kappa shape index (κ1) is 13.4. The summed E-state index contributed by atoms with van der Waals surface area (Å²) in [5, 5.41) is 17.7. The van der Waals surface area contributed by atoms with E-state index in [4.69, 9.17) is 0 Å². The van der Waals surface area contributed by atoms with Crippen LogP contribution in [0.2, 0.25) is 0 Å². The molecule has 0 radical (unpaired) electrons. The predicted molar refractivity (Wildman–Crippen MR) is 85.9 cm³/mol. The van der Waals surface area contributed by atoms with Gasteiger partial charge in [-0.1, -0.05) is 17.4 Å². The molecule has 1 aliphatic rings. The Morgan fingerprint density at radius 1 is 1.18 bits per heavy atom. The van der Waals surface area contributed by atoms with Gasteiger partial charge < -0.3 is 4.90 Å². The Morgan fingerprint density at radius 2 is 2.18 bits per heavy atom. The average Bonchev–Trinajstić information content (AvgIpc) is 3.28. The van der Waals surface area contributed by atoms with E-state index in [2.05, 4.69) is 36.3 Å². The molecule has 4 heterocycles. The average molecular weight is 312 g/mol. The van der Waals surface area contributed by atoms with Crippen LogP contribution < -0.4 is 4.90 Å². The topological polar surface area (TPSA) is 70.6 Å². The fraction of sp³-hybridized carbons (Fsp3) is 0.333. The number of piperidine rings is 1. The minimum Gasteiger partial charge on any atom is -0.346 e. The van der Waals surface area contributed by atoms with Crippen LogP contribution in [0, 0.1) is 0 Å². The fourth-order valence-electron chi connectivity index (χ4n) is 2.83. The van der Waals surface area contributed by atoms with E-state index in [1.165, 1.54) is 12.1 Å². The molecule has 7 heteroatoms. The summed E-state index contributed by atoms with van der Waals surface area (Å²) in [6, 6.07) is 7.91. The summed E-state index contributed by atoms with van der Waals surface area (Å²) >= 11 is 1.61. The van der Waals surface area contributed by atoms with Crippen LogP contribution in [0.5, 0.6) is 0 Å². The molecule has 4 rings (SSSR count). The third-order valence-corrected chi connectivity index (χ3v) is 4.96. The summed E-state index contributed by atoms with van der Waals surface area (Å²) in [4.78, 5) is 6.66. The van der Waals surface area contributed by atoms with Crippen LogP contribution in [-0.4, -0.2) is 38.5 Å². The molecule has 3 aromatic rings. The van der Waals surface area contributed by atoms with Crippen LogP contribution in [0.3, 0.4) is 0 Å². The Hall–Kier alpha value is -2.28. The number of nitrogens with one attached hydrogen (secondary N) is 1. The van der Waals surface area contributed by atoms with Crippen molar-refractivity contribution in [2.75, 3.05) is 18.0 Å². The van der Waals surface area contributed by atoms with Crippen LogP contribution >= 0.6 is 11.3 Å². The lowest BCUT2D eigenvalue weighted by atomic mass is 9.95. The molecular weight excluding hydrogens is 296 g/mol. The van der Waals surface area contributed by atoms with Crippen molar-refractivity contribution in [2.45, 2.75) is 18.8 Å². The standard InChI is InChI=1S/C15H16N6S/c1-2-7-16-13(5-1)14-19-20-15(22-14)21-9-3-4-11(10-21)12-6-8-17-18-12/h1-2,5-8,11H,3-4,9-10H2,(H,17,18)/t11-/m0/s1. The maximum Gasteiger partial charge on any atom is 0.208 e. The van der Waals surface area contributed by atoms with Crippen molar-refractivity contribution in [1.82, 2.24) is 25.4 Å². The van der Waals surface area contributed by atoms with Crippen LogP contribution in [0.25, 0.3) is 10.7 Å². The van der Waals surface area contributed by atoms with Gasteiger partial charge in [-0.05, 0) is 31.0 Å². The van der Waals surface area contributed by atoms with E-state index in [1.807, 2.05) is 24.4 Å². The quantitative estimate of drug-likeness (QED) is 0.805. The molecule has 3 aromatic heterocycles. The first-order chi connectivity index (χ1) is 10.9. The lowest BCUT2D eigenvalue weighted by Gasteiger charge is -2.31. The number of rotatable bonds is 3. The molecule has 0 aliphatic carbocycles. The Morgan fingerprint density at radius 3 is 3.00 bits per heavy atom. The van der Waals surface area contributed by atoms with Gasteiger partial charge >= 0.3 is 0 Å². The summed E-state index contributed by atoms with van der Waals surface area (Å²) < 4.78 is 0. The van der Waals surface area contributed by atoms with E-state index < -0.39 is 0 Å². The molecule has 0 unspecified atom stereocenters. The zero-order chi connectivity index (χ0) is 14.8. The number of anilines is 1. The lowest BCUT2D eigenvalue weighted by Crippen LogP contribution is -2.34. The second-order valence-corrected chi connectivity index (χ2v) is 6.36. The van der Waals surface area contributed by atoms with E-state index in [0.29, 0.717) is 5.92 Å². The SMILES string of the molecule is c1ccc(-c2nnc(N3CCC[C@H](c4ccn[nH]4)C3)s2)nc1. The van der Waals surface area contributed by atoms with Gasteiger partial charge in [-0.25, -0.2) is 0 Å². The molecule has 1 N–H and O–H groups in total. The van der Waals surface area contributed by atoms with Gasteiger partial charge in [0.25, 0.3) is 0 Å². The highest BCUT2D eigenvalue weighted by Crippen LogP contribution is 2.32. The number of aromatic amines is 1. The Balaban J connectivity index is 1.53. The largest absolute Gasteiger partial charge is 0.346 e. The highest BCUT2D eigenvalue weighted by molar-refractivity contribution is 7.18. The molecule has 22 heavy (non-hydrogen) atoms. The van der Waals surface area contributed by atoms with Gasteiger partial charge in [0.15, 0.2) is 5.01 Å². The van der Waals surface area contributed by atoms with E-state index in [9.17, 15) is 0 Å². The number of H-pyrrole nitrogens is 1. The minimum absolute atomic E-state index is 0.485. The lowest BCUT2D eigenvalue weighted by molar-refractivity contribution is 0.499. The van der Waals surface area contributed by atoms with Gasteiger partial charge in [-0.3, -0.25) is 10.1 Å². The van der Waals surface area contributed by atoms with Crippen molar-refractivity contribution in [3.63, 3.8) is 0 Å². The molecular formula is C15H16N6S. The van der Waals surface area contributed by atoms with Gasteiger partial charge in [0.2, 0.25) is 5.13 Å². The first-order valence-corrected chi connectivity index (χ1v) is 8.21. The molecule has 1 aliphatic heterocycles. The first-order valence-electron chi connectivity index (χ1n) is 7.39. The summed E-state index contributed by atoms with van der Waals surface area (Å²) in [6.07, 6.45) is 5.94. The van der Waals surface area contributed by atoms with Crippen molar-refractivity contribution >= 4 is 16.5 Å². The van der Waals surface area contributed by atoms with Gasteiger partial charge in [0, 0.05) is 37.1 Å². The summed E-state index contributed by atoms with van der Waals surface area (Å²) in [7, 11) is 0. The highest BCUT2D eigenvalue weighted by Gasteiger charge is 2.24. The maximum atomic E-state index is 4.36. The highest BCUT2D eigenvalue weighted by atomic mass is 32.1. The van der Waals surface area contributed by atoms with Crippen molar-refractivity contribution in [2.24, 2.45) is 0 Å². The predicted octanol–water partition coefficient (Wildman–Crippen LogP) is 2.71. The third-order valence-electron chi connectivity index (χ3n) is 3.95. The smallest absolute Gasteiger partial charge is 0.208 e. The second-order valence-electron chi connectivity index (χ2n) is 5.40. The van der Waals surface area contributed by atoms with Crippen molar-refractivity contribution in [3.05, 3.63) is 42.4 Å². The van der Waals surface area contributed by atoms with Crippen LogP contribution in [0.1, 0.15) is 24.5 Å². The fourth-order valence-corrected chi connectivity index (χ4v) is 3.69. The number of aromatic nitrogens is 5. The zero-order valence-corrected chi connectivity index (χ0v) is 12.8. The number of hydrogen-bond donors (Lipinski definition) is 1. The second kappa shape index (κ2) is 5.84. The molecule has 0 amide bonds. The summed E-state index contributed by atoms with van der Waals surface area (Å²) in [6.45, 7) is 1.99. The summed E-state index contributed by atoms with van der Waals surface area (Å²) in [5.41, 5.74) is 2.09. The van der Waals surface area contributed by atoms with Crippen molar-refractivity contribution < 1.29 is 0 Å². The number of hydrogen-bond acceptors (Lipinski definition) is 6. The van der Waals surface area contributed by atoms with Crippen molar-refractivity contribution in [3.8, 4) is 10.7 Å². The monoisotopic (exact) mass is 312 g/mol.